The summed E-state index contributed by atoms with van der Waals surface area (Å²) in [6.45, 7) is 0. The number of nitrogens with zero attached hydrogens (tertiary/aromatic N) is 2. The van der Waals surface area contributed by atoms with Gasteiger partial charge in [0, 0.05) is 17.4 Å². The molecule has 0 spiro atoms. The molecule has 1 amide bonds. The van der Waals surface area contributed by atoms with Crippen LogP contribution in [0.3, 0.4) is 0 Å². The zero-order valence-corrected chi connectivity index (χ0v) is 14.7. The maximum atomic E-state index is 12.7. The van der Waals surface area contributed by atoms with Crippen LogP contribution in [-0.4, -0.2) is 27.8 Å². The van der Waals surface area contributed by atoms with Crippen molar-refractivity contribution in [2.75, 3.05) is 0 Å². The normalized spacial score (nSPS) is 11.6. The number of benzene rings is 2. The molecule has 0 aliphatic rings. The lowest BCUT2D eigenvalue weighted by Gasteiger charge is -2.08. The fourth-order valence-corrected chi connectivity index (χ4v) is 2.56. The Kier molecular flexibility index (Phi) is 5.49. The third kappa shape index (κ3) is 4.70. The van der Waals surface area contributed by atoms with Crippen molar-refractivity contribution in [1.82, 2.24) is 9.99 Å². The van der Waals surface area contributed by atoms with E-state index in [0.29, 0.717) is 11.4 Å². The molecule has 0 fully saturated rings. The molecule has 2 aromatic carbocycles. The van der Waals surface area contributed by atoms with Crippen LogP contribution in [0.15, 0.2) is 72.0 Å². The van der Waals surface area contributed by atoms with E-state index in [0.717, 1.165) is 18.2 Å². The van der Waals surface area contributed by atoms with Crippen molar-refractivity contribution in [3.8, 4) is 5.69 Å². The number of nitrogens with one attached hydrogen (secondary N) is 1. The number of amides is 1. The van der Waals surface area contributed by atoms with Gasteiger partial charge >= 0.3 is 12.1 Å². The van der Waals surface area contributed by atoms with Gasteiger partial charge in [0.25, 0.3) is 5.91 Å². The Bertz CT molecular complexity index is 1070. The lowest BCUT2D eigenvalue weighted by Crippen LogP contribution is -2.18. The van der Waals surface area contributed by atoms with Crippen LogP contribution in [0.1, 0.15) is 32.0 Å². The highest BCUT2D eigenvalue weighted by atomic mass is 19.4. The van der Waals surface area contributed by atoms with E-state index >= 15 is 0 Å². The smallest absolute Gasteiger partial charge is 0.416 e. The molecule has 6 nitrogen and oxygen atoms in total. The summed E-state index contributed by atoms with van der Waals surface area (Å²) in [4.78, 5) is 23.0. The van der Waals surface area contributed by atoms with Crippen molar-refractivity contribution in [2.45, 2.75) is 6.18 Å². The molecule has 0 aliphatic carbocycles. The lowest BCUT2D eigenvalue weighted by molar-refractivity contribution is -0.137. The molecule has 0 radical (unpaired) electrons. The summed E-state index contributed by atoms with van der Waals surface area (Å²) in [7, 11) is 0. The van der Waals surface area contributed by atoms with Gasteiger partial charge in [0.2, 0.25) is 0 Å². The second-order valence-electron chi connectivity index (χ2n) is 5.93. The van der Waals surface area contributed by atoms with E-state index in [1.165, 1.54) is 24.4 Å². The van der Waals surface area contributed by atoms with E-state index in [2.05, 4.69) is 10.5 Å². The predicted molar refractivity (Wildman–Crippen MR) is 99.2 cm³/mol. The van der Waals surface area contributed by atoms with E-state index in [1.807, 2.05) is 0 Å². The number of aromatic carboxylic acids is 1. The van der Waals surface area contributed by atoms with E-state index in [9.17, 15) is 22.8 Å². The average Bonchev–Trinajstić information content (AvgIpc) is 3.16. The summed E-state index contributed by atoms with van der Waals surface area (Å²) >= 11 is 0. The minimum Gasteiger partial charge on any atom is -0.478 e. The number of alkyl halides is 3. The van der Waals surface area contributed by atoms with Crippen molar-refractivity contribution in [1.29, 1.82) is 0 Å². The Hall–Kier alpha value is -3.88. The third-order valence-corrected chi connectivity index (χ3v) is 3.99. The molecule has 0 bridgehead atoms. The number of carboxylic acids is 1. The molecule has 3 aromatic rings. The number of carboxylic acid groups (broad SMARTS) is 1. The van der Waals surface area contributed by atoms with Gasteiger partial charge in [0.05, 0.1) is 23.0 Å². The van der Waals surface area contributed by atoms with Gasteiger partial charge < -0.3 is 9.67 Å². The highest BCUT2D eigenvalue weighted by molar-refractivity contribution is 5.95. The third-order valence-electron chi connectivity index (χ3n) is 3.99. The van der Waals surface area contributed by atoms with Crippen molar-refractivity contribution in [2.24, 2.45) is 5.10 Å². The fourth-order valence-electron chi connectivity index (χ4n) is 2.56. The molecule has 2 N–H and O–H groups in total. The second-order valence-corrected chi connectivity index (χ2v) is 5.93. The SMILES string of the molecule is O=C(O)c1ccc(-n2cccc2/C=N\NC(=O)c2cccc(C(F)(F)F)c2)cc1. The van der Waals surface area contributed by atoms with Crippen LogP contribution in [0.5, 0.6) is 0 Å². The van der Waals surface area contributed by atoms with Gasteiger partial charge in [-0.05, 0) is 54.6 Å². The number of carbonyl (C=O) groups excluding carboxylic acids is 1. The maximum absolute atomic E-state index is 12.7. The summed E-state index contributed by atoms with van der Waals surface area (Å²) in [6, 6.07) is 13.6. The van der Waals surface area contributed by atoms with Gasteiger partial charge in [-0.25, -0.2) is 10.2 Å². The molecule has 148 valence electrons. The van der Waals surface area contributed by atoms with Crippen LogP contribution < -0.4 is 5.43 Å². The summed E-state index contributed by atoms with van der Waals surface area (Å²) in [5.74, 6) is -1.82. The molecular weight excluding hydrogens is 387 g/mol. The summed E-state index contributed by atoms with van der Waals surface area (Å²) in [5.41, 5.74) is 2.48. The summed E-state index contributed by atoms with van der Waals surface area (Å²) in [5, 5.41) is 12.7. The van der Waals surface area contributed by atoms with Gasteiger partial charge in [-0.3, -0.25) is 4.79 Å². The van der Waals surface area contributed by atoms with Gasteiger partial charge in [-0.15, -0.1) is 0 Å². The first-order valence-corrected chi connectivity index (χ1v) is 8.27. The topological polar surface area (TPSA) is 83.7 Å². The van der Waals surface area contributed by atoms with Crippen LogP contribution in [0.25, 0.3) is 5.69 Å². The largest absolute Gasteiger partial charge is 0.478 e. The van der Waals surface area contributed by atoms with Gasteiger partial charge in [0.15, 0.2) is 0 Å². The van der Waals surface area contributed by atoms with Crippen LogP contribution in [0, 0.1) is 0 Å². The molecule has 0 aliphatic heterocycles. The van der Waals surface area contributed by atoms with Gasteiger partial charge in [-0.1, -0.05) is 6.07 Å². The molecule has 1 aromatic heterocycles. The predicted octanol–water partition coefficient (Wildman–Crippen LogP) is 3.96. The first-order valence-electron chi connectivity index (χ1n) is 8.27. The molecule has 0 atom stereocenters. The molecule has 9 heteroatoms. The first kappa shape index (κ1) is 19.9. The van der Waals surface area contributed by atoms with Crippen molar-refractivity contribution in [3.05, 3.63) is 89.2 Å². The zero-order valence-electron chi connectivity index (χ0n) is 14.7. The van der Waals surface area contributed by atoms with Crippen molar-refractivity contribution >= 4 is 18.1 Å². The Morgan fingerprint density at radius 3 is 2.38 bits per heavy atom. The molecule has 0 saturated heterocycles. The highest BCUT2D eigenvalue weighted by Gasteiger charge is 2.30. The molecule has 29 heavy (non-hydrogen) atoms. The Balaban J connectivity index is 1.73. The Morgan fingerprint density at radius 1 is 1.00 bits per heavy atom. The van der Waals surface area contributed by atoms with Gasteiger partial charge in [0.1, 0.15) is 0 Å². The lowest BCUT2D eigenvalue weighted by atomic mass is 10.1. The van der Waals surface area contributed by atoms with Crippen LogP contribution in [-0.2, 0) is 6.18 Å². The van der Waals surface area contributed by atoms with Crippen LogP contribution in [0.4, 0.5) is 13.2 Å². The van der Waals surface area contributed by atoms with Crippen molar-refractivity contribution in [3.63, 3.8) is 0 Å². The molecule has 0 saturated carbocycles. The molecule has 0 unspecified atom stereocenters. The molecule has 1 heterocycles. The van der Waals surface area contributed by atoms with E-state index in [1.54, 1.807) is 35.0 Å². The number of hydrogen-bond acceptors (Lipinski definition) is 3. The van der Waals surface area contributed by atoms with Crippen LogP contribution >= 0.6 is 0 Å². The summed E-state index contributed by atoms with van der Waals surface area (Å²) in [6.07, 6.45) is -1.50. The molecule has 3 rings (SSSR count). The van der Waals surface area contributed by atoms with Crippen molar-refractivity contribution < 1.29 is 27.9 Å². The maximum Gasteiger partial charge on any atom is 0.416 e. The Labute approximate surface area is 162 Å². The van der Waals surface area contributed by atoms with Crippen LogP contribution in [0.2, 0.25) is 0 Å². The second kappa shape index (κ2) is 8.01. The first-order chi connectivity index (χ1) is 13.8. The van der Waals surface area contributed by atoms with E-state index in [4.69, 9.17) is 5.11 Å². The number of carbonyl (C=O) groups is 2. The number of aromatic nitrogens is 1. The molecular formula is C20H14F3N3O3. The standard InChI is InChI=1S/C20H14F3N3O3/c21-20(22,23)15-4-1-3-14(11-15)18(27)25-24-12-17-5-2-10-26(17)16-8-6-13(7-9-16)19(28)29/h1-12H,(H,25,27)(H,28,29)/b24-12-. The average molecular weight is 401 g/mol. The van der Waals surface area contributed by atoms with E-state index in [-0.39, 0.29) is 11.1 Å². The fraction of sp³-hybridized carbons (Fsp3) is 0.0500. The number of hydrazone groups is 1. The number of rotatable bonds is 5. The number of hydrogen-bond donors (Lipinski definition) is 2. The van der Waals surface area contributed by atoms with E-state index < -0.39 is 23.6 Å². The minimum absolute atomic E-state index is 0.143. The summed E-state index contributed by atoms with van der Waals surface area (Å²) < 4.78 is 39.9. The quantitative estimate of drug-likeness (QED) is 0.502. The Morgan fingerprint density at radius 2 is 1.72 bits per heavy atom. The highest BCUT2D eigenvalue weighted by Crippen LogP contribution is 2.29. The minimum atomic E-state index is -4.55. The monoisotopic (exact) mass is 401 g/mol. The van der Waals surface area contributed by atoms with Gasteiger partial charge in [-0.2, -0.15) is 18.3 Å². The number of halogens is 3. The zero-order chi connectivity index (χ0) is 21.0.